The maximum atomic E-state index is 14.9. The van der Waals surface area contributed by atoms with E-state index in [9.17, 15) is 52.7 Å². The first-order valence-electron chi connectivity index (χ1n) is 35.1. The number of hydrogen-bond donors (Lipinski definition) is 8. The molecule has 0 radical (unpaired) electrons. The van der Waals surface area contributed by atoms with Gasteiger partial charge < -0.3 is 66.0 Å². The Kier molecular flexibility index (Phi) is 28.9. The molecule has 1 aromatic carbocycles. The molecule has 7 atom stereocenters. The number of nitrogens with zero attached hydrogens (tertiary/aromatic N) is 4. The summed E-state index contributed by atoms with van der Waals surface area (Å²) in [5.74, 6) is -5.32. The zero-order valence-corrected chi connectivity index (χ0v) is 56.5. The lowest BCUT2D eigenvalue weighted by molar-refractivity contribution is -0.146. The number of Topliss-reactive ketones (excluding diaryl/α,β-unsaturated/α-hetero) is 1. The fraction of sp³-hybridized carbons (Fsp3) is 0.696. The number of likely N-dealkylation sites (tertiary alicyclic amines) is 1. The number of ether oxygens (including phenoxy) is 4. The van der Waals surface area contributed by atoms with Gasteiger partial charge in [0.2, 0.25) is 41.2 Å². The van der Waals surface area contributed by atoms with E-state index in [0.717, 1.165) is 101 Å². The van der Waals surface area contributed by atoms with Crippen LogP contribution in [0.4, 0.5) is 5.69 Å². The molecule has 0 spiro atoms. The minimum absolute atomic E-state index is 0.0251. The van der Waals surface area contributed by atoms with Gasteiger partial charge in [-0.1, -0.05) is 91.5 Å². The molecule has 2 saturated heterocycles. The standard InChI is InChI=1S/C69H102N12O15/c1-5-17-51(59(84)66(90)75-46-24-25-46)76-65(89)58-47-21-15-20-45(47)42-81(58)68(92)60(69(2,3)4)79-64(88)57(44-18-11-10-12-19-44)78-62(86)53-41-73-52(40-74-53)61(85)72-30-14-9-7-6-8-13-29-71-55(82)28-32-93-34-36-95-38-39-96-37-35-94-33-31-70-50-23-16-22-48-49(50)43-80(67(48)91)54-26-27-56(83)77-63(54)87/h16,22-23,40-41,44-47,51,54,57-58,60,70H,5-15,17-21,24-39,42-43H2,1-4H3,(H,71,82)(H,72,85)(H,75,90)(H,76,89)(H,78,86)(H,79,88)(H,77,83,87)/t45-,47?,51-,54?,57-,58-,60+/m0/s1. The summed E-state index contributed by atoms with van der Waals surface area (Å²) in [6, 6.07) is 0.701. The zero-order valence-electron chi connectivity index (χ0n) is 56.5. The third-order valence-corrected chi connectivity index (χ3v) is 18.9. The summed E-state index contributed by atoms with van der Waals surface area (Å²) in [6.45, 7) is 12.5. The summed E-state index contributed by atoms with van der Waals surface area (Å²) in [5, 5.41) is 23.0. The second-order valence-electron chi connectivity index (χ2n) is 27.3. The summed E-state index contributed by atoms with van der Waals surface area (Å²) in [7, 11) is 0. The van der Waals surface area contributed by atoms with Crippen molar-refractivity contribution in [3.05, 3.63) is 53.1 Å². The van der Waals surface area contributed by atoms with E-state index in [1.807, 2.05) is 33.8 Å². The molecule has 8 N–H and O–H groups in total. The second kappa shape index (κ2) is 37.3. The number of imide groups is 1. The number of benzene rings is 1. The van der Waals surface area contributed by atoms with Crippen LogP contribution in [0.3, 0.4) is 0 Å². The van der Waals surface area contributed by atoms with Gasteiger partial charge in [-0.25, -0.2) is 9.97 Å². The molecule has 2 unspecified atom stereocenters. The number of amides is 10. The van der Waals surface area contributed by atoms with E-state index in [2.05, 4.69) is 52.5 Å². The second-order valence-corrected chi connectivity index (χ2v) is 27.3. The van der Waals surface area contributed by atoms with Crippen molar-refractivity contribution in [1.82, 2.24) is 57.0 Å². The fourth-order valence-electron chi connectivity index (χ4n) is 13.5. The lowest BCUT2D eigenvalue weighted by atomic mass is 9.82. The van der Waals surface area contributed by atoms with Crippen molar-refractivity contribution < 1.29 is 71.7 Å². The maximum Gasteiger partial charge on any atom is 0.289 e. The Morgan fingerprint density at radius 1 is 0.688 bits per heavy atom. The van der Waals surface area contributed by atoms with Crippen molar-refractivity contribution in [2.75, 3.05) is 84.4 Å². The highest BCUT2D eigenvalue weighted by Gasteiger charge is 2.53. The quantitative estimate of drug-likeness (QED) is 0.0266. The number of carbonyl (C=O) groups excluding carboxylic acids is 11. The molecule has 3 aliphatic carbocycles. The van der Waals surface area contributed by atoms with Crippen LogP contribution < -0.4 is 42.5 Å². The van der Waals surface area contributed by atoms with Gasteiger partial charge in [0.05, 0.1) is 71.3 Å². The number of rotatable bonds is 40. The highest BCUT2D eigenvalue weighted by Crippen LogP contribution is 2.43. The van der Waals surface area contributed by atoms with Gasteiger partial charge in [0.1, 0.15) is 35.6 Å². The van der Waals surface area contributed by atoms with Gasteiger partial charge in [-0.3, -0.25) is 58.1 Å². The fourth-order valence-corrected chi connectivity index (χ4v) is 13.5. The van der Waals surface area contributed by atoms with Crippen LogP contribution in [-0.2, 0) is 63.8 Å². The molecule has 5 fully saturated rings. The van der Waals surface area contributed by atoms with Gasteiger partial charge in [0.15, 0.2) is 0 Å². The van der Waals surface area contributed by atoms with Gasteiger partial charge >= 0.3 is 0 Å². The van der Waals surface area contributed by atoms with Crippen LogP contribution in [0, 0.1) is 23.2 Å². The molecule has 96 heavy (non-hydrogen) atoms. The van der Waals surface area contributed by atoms with Crippen LogP contribution in [0.25, 0.3) is 0 Å². The number of nitrogens with one attached hydrogen (secondary N) is 8. The SMILES string of the molecule is CCC[C@H](NC(=O)[C@@H]1C2CCC[C@H]2CN1C(=O)[C@@H](NC(=O)[C@@H](NC(=O)c1cnc(C(=O)NCCCCCCCCNC(=O)CCOCCOCCOCCOCCNc2cccc3c2CN(C2CCC(=O)NC2=O)C3=O)cn1)C1CCCCC1)C(C)(C)C)C(=O)C(=O)NC1CC1. The summed E-state index contributed by atoms with van der Waals surface area (Å²) in [4.78, 5) is 158. The maximum absolute atomic E-state index is 14.9. The lowest BCUT2D eigenvalue weighted by Gasteiger charge is -2.38. The van der Waals surface area contributed by atoms with Crippen molar-refractivity contribution >= 4 is 70.5 Å². The lowest BCUT2D eigenvalue weighted by Crippen LogP contribution is -2.62. The highest BCUT2D eigenvalue weighted by atomic mass is 16.6. The minimum atomic E-state index is -1.09. The summed E-state index contributed by atoms with van der Waals surface area (Å²) < 4.78 is 22.4. The summed E-state index contributed by atoms with van der Waals surface area (Å²) in [6.07, 6.45) is 17.5. The van der Waals surface area contributed by atoms with E-state index in [1.165, 1.54) is 17.3 Å². The summed E-state index contributed by atoms with van der Waals surface area (Å²) >= 11 is 0. The largest absolute Gasteiger partial charge is 0.382 e. The van der Waals surface area contributed by atoms with Crippen LogP contribution >= 0.6 is 0 Å². The monoisotopic (exact) mass is 1340 g/mol. The Labute approximate surface area is 563 Å². The van der Waals surface area contributed by atoms with Crippen molar-refractivity contribution in [2.24, 2.45) is 23.2 Å². The predicted molar refractivity (Wildman–Crippen MR) is 353 cm³/mol. The molecule has 528 valence electrons. The Balaban J connectivity index is 0.641. The van der Waals surface area contributed by atoms with Gasteiger partial charge in [-0.2, -0.15) is 0 Å². The van der Waals surface area contributed by atoms with E-state index in [-0.39, 0.29) is 78.8 Å². The first-order valence-corrected chi connectivity index (χ1v) is 35.1. The molecule has 0 bridgehead atoms. The average molecular weight is 1340 g/mol. The molecule has 8 rings (SSSR count). The molecule has 10 amide bonds. The van der Waals surface area contributed by atoms with E-state index in [1.54, 1.807) is 17.0 Å². The average Bonchev–Trinajstić information content (AvgIpc) is 1.60. The first kappa shape index (κ1) is 74.3. The van der Waals surface area contributed by atoms with Crippen LogP contribution in [0.1, 0.15) is 199 Å². The third kappa shape index (κ3) is 21.8. The van der Waals surface area contributed by atoms with Gasteiger partial charge in [-0.15, -0.1) is 0 Å². The topological polar surface area (TPSA) is 353 Å². The zero-order chi connectivity index (χ0) is 68.6. The highest BCUT2D eigenvalue weighted by molar-refractivity contribution is 6.38. The number of hydrogen-bond acceptors (Lipinski definition) is 18. The number of anilines is 1. The Morgan fingerprint density at radius 3 is 1.98 bits per heavy atom. The minimum Gasteiger partial charge on any atom is -0.382 e. The van der Waals surface area contributed by atoms with Gasteiger partial charge in [0, 0.05) is 68.4 Å². The van der Waals surface area contributed by atoms with Crippen molar-refractivity contribution in [3.8, 4) is 0 Å². The predicted octanol–water partition coefficient (Wildman–Crippen LogP) is 3.96. The molecule has 27 heteroatoms. The van der Waals surface area contributed by atoms with E-state index in [4.69, 9.17) is 18.9 Å². The van der Waals surface area contributed by atoms with Crippen LogP contribution in [0.5, 0.6) is 0 Å². The molecule has 3 aliphatic heterocycles. The van der Waals surface area contributed by atoms with Crippen LogP contribution in [0.15, 0.2) is 30.6 Å². The molecule has 2 aromatic rings. The van der Waals surface area contributed by atoms with E-state index < -0.39 is 82.8 Å². The summed E-state index contributed by atoms with van der Waals surface area (Å²) in [5.41, 5.74) is 1.29. The Bertz CT molecular complexity index is 3010. The molecule has 3 saturated carbocycles. The molecule has 4 heterocycles. The molecule has 27 nitrogen and oxygen atoms in total. The Morgan fingerprint density at radius 2 is 1.33 bits per heavy atom. The van der Waals surface area contributed by atoms with Crippen LogP contribution in [-0.4, -0.2) is 200 Å². The van der Waals surface area contributed by atoms with Crippen molar-refractivity contribution in [2.45, 2.75) is 205 Å². The Hall–Kier alpha value is -7.49. The first-order chi connectivity index (χ1) is 46.3. The molecule has 1 aromatic heterocycles. The molecular formula is C69H102N12O15. The number of piperidine rings is 1. The van der Waals surface area contributed by atoms with E-state index >= 15 is 0 Å². The number of fused-ring (bicyclic) bond motifs is 2. The number of unbranched alkanes of at least 4 members (excludes halogenated alkanes) is 5. The third-order valence-electron chi connectivity index (χ3n) is 18.9. The number of aromatic nitrogens is 2. The van der Waals surface area contributed by atoms with Crippen molar-refractivity contribution in [1.29, 1.82) is 0 Å². The van der Waals surface area contributed by atoms with Gasteiger partial charge in [0.25, 0.3) is 23.6 Å². The van der Waals surface area contributed by atoms with E-state index in [0.29, 0.717) is 110 Å². The van der Waals surface area contributed by atoms with Crippen LogP contribution in [0.2, 0.25) is 0 Å². The number of carbonyl (C=O) groups is 11. The van der Waals surface area contributed by atoms with Gasteiger partial charge in [-0.05, 0) is 99.5 Å². The normalized spacial score (nSPS) is 20.3. The smallest absolute Gasteiger partial charge is 0.289 e. The number of ketones is 1. The molecule has 6 aliphatic rings. The van der Waals surface area contributed by atoms with Crippen molar-refractivity contribution in [3.63, 3.8) is 0 Å². The molecular weight excluding hydrogens is 1240 g/mol.